The van der Waals surface area contributed by atoms with Gasteiger partial charge in [0.1, 0.15) is 6.29 Å². The van der Waals surface area contributed by atoms with Gasteiger partial charge >= 0.3 is 7.60 Å². The number of nitrogens with zero attached hydrogens (tertiary/aromatic N) is 1. The highest BCUT2D eigenvalue weighted by molar-refractivity contribution is 7.53. The van der Waals surface area contributed by atoms with Crippen LogP contribution in [-0.4, -0.2) is 24.4 Å². The van der Waals surface area contributed by atoms with Crippen LogP contribution in [0.4, 0.5) is 0 Å². The van der Waals surface area contributed by atoms with Crippen molar-refractivity contribution in [3.8, 4) is 0 Å². The molecule has 0 unspecified atom stereocenters. The Morgan fingerprint density at radius 3 is 1.58 bits per heavy atom. The van der Waals surface area contributed by atoms with Gasteiger partial charge in [-0.1, -0.05) is 60.7 Å². The predicted molar refractivity (Wildman–Crippen MR) is 97.9 cm³/mol. The largest absolute Gasteiger partial charge is 0.344 e. The summed E-state index contributed by atoms with van der Waals surface area (Å²) < 4.78 is 23.9. The van der Waals surface area contributed by atoms with E-state index in [9.17, 15) is 4.57 Å². The normalized spacial score (nSPS) is 11.8. The van der Waals surface area contributed by atoms with Crippen molar-refractivity contribution >= 4 is 7.60 Å². The first kappa shape index (κ1) is 18.9. The van der Waals surface area contributed by atoms with Gasteiger partial charge < -0.3 is 9.05 Å². The average molecular weight is 347 g/mol. The zero-order valence-electron chi connectivity index (χ0n) is 14.4. The third-order valence-electron chi connectivity index (χ3n) is 3.52. The van der Waals surface area contributed by atoms with Crippen LogP contribution in [0.25, 0.3) is 0 Å². The van der Waals surface area contributed by atoms with Gasteiger partial charge in [-0.15, -0.1) is 0 Å². The third kappa shape index (κ3) is 6.21. The van der Waals surface area contributed by atoms with Gasteiger partial charge in [-0.3, -0.25) is 9.46 Å². The van der Waals surface area contributed by atoms with Gasteiger partial charge in [0.05, 0.1) is 13.2 Å². The van der Waals surface area contributed by atoms with E-state index >= 15 is 0 Å². The SMILES string of the molecule is CCOP(=O)(CN(Cc1ccccc1)Cc1ccccc1)OCC. The number of benzene rings is 2. The molecule has 0 fully saturated rings. The Morgan fingerprint density at radius 2 is 1.21 bits per heavy atom. The van der Waals surface area contributed by atoms with Gasteiger partial charge in [-0.25, -0.2) is 0 Å². The van der Waals surface area contributed by atoms with Crippen molar-refractivity contribution in [3.63, 3.8) is 0 Å². The van der Waals surface area contributed by atoms with Crippen LogP contribution in [0.5, 0.6) is 0 Å². The fourth-order valence-electron chi connectivity index (χ4n) is 2.60. The van der Waals surface area contributed by atoms with Crippen LogP contribution >= 0.6 is 7.60 Å². The predicted octanol–water partition coefficient (Wildman–Crippen LogP) is 4.91. The number of rotatable bonds is 10. The minimum atomic E-state index is -3.12. The number of hydrogen-bond acceptors (Lipinski definition) is 4. The lowest BCUT2D eigenvalue weighted by Crippen LogP contribution is -2.25. The number of hydrogen-bond donors (Lipinski definition) is 0. The monoisotopic (exact) mass is 347 g/mol. The molecule has 0 aliphatic rings. The maximum atomic E-state index is 12.9. The molecule has 0 spiro atoms. The Morgan fingerprint density at radius 1 is 0.792 bits per heavy atom. The van der Waals surface area contributed by atoms with E-state index in [1.54, 1.807) is 0 Å². The van der Waals surface area contributed by atoms with Gasteiger partial charge in [0, 0.05) is 13.1 Å². The van der Waals surface area contributed by atoms with E-state index in [-0.39, 0.29) is 6.29 Å². The molecule has 0 saturated heterocycles. The Bertz CT molecular complexity index is 582. The van der Waals surface area contributed by atoms with Crippen LogP contribution in [0.1, 0.15) is 25.0 Å². The smallest absolute Gasteiger partial charge is 0.308 e. The third-order valence-corrected chi connectivity index (χ3v) is 5.57. The molecule has 5 heteroatoms. The van der Waals surface area contributed by atoms with Crippen molar-refractivity contribution in [2.75, 3.05) is 19.5 Å². The van der Waals surface area contributed by atoms with E-state index in [1.165, 1.54) is 11.1 Å². The summed E-state index contributed by atoms with van der Waals surface area (Å²) in [6.45, 7) is 5.82. The van der Waals surface area contributed by atoms with Gasteiger partial charge in [-0.05, 0) is 25.0 Å². The molecule has 0 N–H and O–H groups in total. The molecule has 24 heavy (non-hydrogen) atoms. The van der Waals surface area contributed by atoms with E-state index in [0.29, 0.717) is 26.3 Å². The molecule has 0 aliphatic carbocycles. The van der Waals surface area contributed by atoms with Gasteiger partial charge in [0.25, 0.3) is 0 Å². The topological polar surface area (TPSA) is 38.8 Å². The molecule has 4 nitrogen and oxygen atoms in total. The van der Waals surface area contributed by atoms with Crippen LogP contribution in [0.15, 0.2) is 60.7 Å². The molecule has 0 amide bonds. The van der Waals surface area contributed by atoms with Crippen LogP contribution in [-0.2, 0) is 26.7 Å². The molecule has 0 saturated carbocycles. The van der Waals surface area contributed by atoms with Gasteiger partial charge in [0.15, 0.2) is 0 Å². The van der Waals surface area contributed by atoms with Crippen molar-refractivity contribution < 1.29 is 13.6 Å². The summed E-state index contributed by atoms with van der Waals surface area (Å²) in [5.41, 5.74) is 2.35. The van der Waals surface area contributed by atoms with E-state index < -0.39 is 7.60 Å². The quantitative estimate of drug-likeness (QED) is 0.572. The first-order valence-electron chi connectivity index (χ1n) is 8.33. The maximum absolute atomic E-state index is 12.9. The second kappa shape index (κ2) is 9.75. The van der Waals surface area contributed by atoms with Gasteiger partial charge in [0.2, 0.25) is 0 Å². The fourth-order valence-corrected chi connectivity index (χ4v) is 4.31. The van der Waals surface area contributed by atoms with Gasteiger partial charge in [-0.2, -0.15) is 0 Å². The van der Waals surface area contributed by atoms with Crippen LogP contribution < -0.4 is 0 Å². The van der Waals surface area contributed by atoms with Crippen molar-refractivity contribution in [3.05, 3.63) is 71.8 Å². The first-order chi connectivity index (χ1) is 11.6. The van der Waals surface area contributed by atoms with Crippen LogP contribution in [0.2, 0.25) is 0 Å². The lowest BCUT2D eigenvalue weighted by atomic mass is 10.2. The molecule has 130 valence electrons. The molecular weight excluding hydrogens is 321 g/mol. The Kier molecular flexibility index (Phi) is 7.67. The molecular formula is C19H26NO3P. The molecule has 0 aromatic heterocycles. The van der Waals surface area contributed by atoms with E-state index in [2.05, 4.69) is 29.2 Å². The Hall–Kier alpha value is -1.45. The molecule has 0 atom stereocenters. The highest BCUT2D eigenvalue weighted by Crippen LogP contribution is 2.48. The lowest BCUT2D eigenvalue weighted by Gasteiger charge is -2.27. The minimum absolute atomic E-state index is 0.276. The summed E-state index contributed by atoms with van der Waals surface area (Å²) in [5, 5.41) is 0. The summed E-state index contributed by atoms with van der Waals surface area (Å²) in [6.07, 6.45) is 0.276. The molecule has 2 aromatic carbocycles. The molecule has 0 radical (unpaired) electrons. The molecule has 0 aliphatic heterocycles. The molecule has 2 rings (SSSR count). The second-order valence-electron chi connectivity index (χ2n) is 5.55. The second-order valence-corrected chi connectivity index (χ2v) is 7.57. The molecule has 0 heterocycles. The van der Waals surface area contributed by atoms with Crippen molar-refractivity contribution in [2.24, 2.45) is 0 Å². The van der Waals surface area contributed by atoms with Crippen LogP contribution in [0.3, 0.4) is 0 Å². The Balaban J connectivity index is 2.16. The van der Waals surface area contributed by atoms with Crippen molar-refractivity contribution in [2.45, 2.75) is 26.9 Å². The maximum Gasteiger partial charge on any atom is 0.344 e. The zero-order valence-corrected chi connectivity index (χ0v) is 15.3. The van der Waals surface area contributed by atoms with E-state index in [1.807, 2.05) is 50.2 Å². The summed E-state index contributed by atoms with van der Waals surface area (Å²) in [6, 6.07) is 20.3. The molecule has 2 aromatic rings. The van der Waals surface area contributed by atoms with Crippen molar-refractivity contribution in [1.82, 2.24) is 4.90 Å². The highest BCUT2D eigenvalue weighted by Gasteiger charge is 2.27. The van der Waals surface area contributed by atoms with Crippen LogP contribution in [0, 0.1) is 0 Å². The highest BCUT2D eigenvalue weighted by atomic mass is 31.2. The first-order valence-corrected chi connectivity index (χ1v) is 10.1. The van der Waals surface area contributed by atoms with E-state index in [0.717, 1.165) is 0 Å². The molecule has 0 bridgehead atoms. The Labute approximate surface area is 144 Å². The average Bonchev–Trinajstić information content (AvgIpc) is 2.57. The van der Waals surface area contributed by atoms with Crippen molar-refractivity contribution in [1.29, 1.82) is 0 Å². The standard InChI is InChI=1S/C19H26NO3P/c1-3-22-24(21,23-4-2)17-20(15-18-11-7-5-8-12-18)16-19-13-9-6-10-14-19/h5-14H,3-4,15-17H2,1-2H3. The summed E-state index contributed by atoms with van der Waals surface area (Å²) in [4.78, 5) is 2.12. The zero-order chi connectivity index (χ0) is 17.3. The summed E-state index contributed by atoms with van der Waals surface area (Å²) in [5.74, 6) is 0. The summed E-state index contributed by atoms with van der Waals surface area (Å²) >= 11 is 0. The summed E-state index contributed by atoms with van der Waals surface area (Å²) in [7, 11) is -3.12. The lowest BCUT2D eigenvalue weighted by molar-refractivity contribution is 0.191. The minimum Gasteiger partial charge on any atom is -0.308 e. The fraction of sp³-hybridized carbons (Fsp3) is 0.368. The van der Waals surface area contributed by atoms with E-state index in [4.69, 9.17) is 9.05 Å².